The predicted octanol–water partition coefficient (Wildman–Crippen LogP) is 1.70. The summed E-state index contributed by atoms with van der Waals surface area (Å²) in [4.78, 5) is 29.7. The molecule has 6 heteroatoms. The molecule has 2 aromatic rings. The van der Waals surface area contributed by atoms with E-state index in [1.165, 1.54) is 30.3 Å². The molecule has 0 bridgehead atoms. The first-order valence-corrected chi connectivity index (χ1v) is 6.89. The summed E-state index contributed by atoms with van der Waals surface area (Å²) in [6, 6.07) is 8.34. The van der Waals surface area contributed by atoms with Gasteiger partial charge < -0.3 is 10.4 Å². The fourth-order valence-corrected chi connectivity index (χ4v) is 2.69. The first-order chi connectivity index (χ1) is 10.6. The van der Waals surface area contributed by atoms with Gasteiger partial charge in [-0.1, -0.05) is 18.2 Å². The monoisotopic (exact) mass is 297 g/mol. The van der Waals surface area contributed by atoms with Gasteiger partial charge in [-0.25, -0.2) is 0 Å². The second-order valence-electron chi connectivity index (χ2n) is 5.12. The van der Waals surface area contributed by atoms with Crippen LogP contribution < -0.4 is 10.2 Å². The lowest BCUT2D eigenvalue weighted by Crippen LogP contribution is -2.44. The average molecular weight is 297 g/mol. The second-order valence-corrected chi connectivity index (χ2v) is 5.12. The lowest BCUT2D eigenvalue weighted by Gasteiger charge is -2.23. The van der Waals surface area contributed by atoms with Crippen molar-refractivity contribution in [3.05, 3.63) is 48.3 Å². The van der Waals surface area contributed by atoms with Gasteiger partial charge in [-0.15, -0.1) is 0 Å². The van der Waals surface area contributed by atoms with Gasteiger partial charge in [-0.3, -0.25) is 19.5 Å². The zero-order valence-electron chi connectivity index (χ0n) is 12.0. The van der Waals surface area contributed by atoms with Crippen LogP contribution in [-0.2, 0) is 16.0 Å². The number of nitrogens with zero attached hydrogens (tertiary/aromatic N) is 2. The van der Waals surface area contributed by atoms with E-state index >= 15 is 0 Å². The van der Waals surface area contributed by atoms with Gasteiger partial charge in [-0.2, -0.15) is 0 Å². The molecule has 0 spiro atoms. The molecule has 2 N–H and O–H groups in total. The summed E-state index contributed by atoms with van der Waals surface area (Å²) in [6.07, 6.45) is 3.18. The summed E-state index contributed by atoms with van der Waals surface area (Å²) in [5.41, 5.74) is 1.99. The van der Waals surface area contributed by atoms with E-state index in [-0.39, 0.29) is 23.3 Å². The summed E-state index contributed by atoms with van der Waals surface area (Å²) in [7, 11) is 0. The Balaban J connectivity index is 1.87. The molecule has 1 aromatic heterocycles. The van der Waals surface area contributed by atoms with E-state index in [1.54, 1.807) is 0 Å². The summed E-state index contributed by atoms with van der Waals surface area (Å²) in [5.74, 6) is -0.641. The zero-order chi connectivity index (χ0) is 15.7. The van der Waals surface area contributed by atoms with Crippen molar-refractivity contribution >= 4 is 23.2 Å². The highest BCUT2D eigenvalue weighted by atomic mass is 16.3. The van der Waals surface area contributed by atoms with Crippen LogP contribution in [0.1, 0.15) is 12.5 Å². The maximum absolute atomic E-state index is 12.5. The number of fused-ring (bicyclic) bond motifs is 1. The molecule has 0 radical (unpaired) electrons. The van der Waals surface area contributed by atoms with Crippen molar-refractivity contribution in [2.45, 2.75) is 19.4 Å². The van der Waals surface area contributed by atoms with Crippen LogP contribution in [-0.4, -0.2) is 27.9 Å². The van der Waals surface area contributed by atoms with E-state index in [0.717, 1.165) is 11.3 Å². The van der Waals surface area contributed by atoms with E-state index in [2.05, 4.69) is 10.3 Å². The van der Waals surface area contributed by atoms with Gasteiger partial charge in [0.25, 0.3) is 0 Å². The van der Waals surface area contributed by atoms with Crippen LogP contribution >= 0.6 is 0 Å². The smallest absolute Gasteiger partial charge is 0.248 e. The standard InChI is InChI=1S/C16H15N3O3/c1-10(20)19-13-5-3-2-4-11(13)8-14(19)16(22)18-12-6-7-17-9-15(12)21/h2-7,9,14,21H,8H2,1H3,(H,17,18,22)/t14-/m0/s1. The van der Waals surface area contributed by atoms with E-state index in [0.29, 0.717) is 6.42 Å². The van der Waals surface area contributed by atoms with E-state index in [4.69, 9.17) is 0 Å². The average Bonchev–Trinajstić information content (AvgIpc) is 2.89. The van der Waals surface area contributed by atoms with Crippen molar-refractivity contribution in [1.29, 1.82) is 0 Å². The number of rotatable bonds is 2. The second kappa shape index (κ2) is 5.48. The fourth-order valence-electron chi connectivity index (χ4n) is 2.69. The Hall–Kier alpha value is -2.89. The number of nitrogens with one attached hydrogen (secondary N) is 1. The van der Waals surface area contributed by atoms with Gasteiger partial charge in [0.05, 0.1) is 11.9 Å². The Kier molecular flexibility index (Phi) is 3.50. The van der Waals surface area contributed by atoms with Crippen LogP contribution in [0.2, 0.25) is 0 Å². The molecule has 2 heterocycles. The lowest BCUT2D eigenvalue weighted by atomic mass is 10.1. The van der Waals surface area contributed by atoms with Gasteiger partial charge in [-0.05, 0) is 17.7 Å². The normalized spacial score (nSPS) is 16.2. The van der Waals surface area contributed by atoms with Crippen molar-refractivity contribution in [2.75, 3.05) is 10.2 Å². The molecule has 22 heavy (non-hydrogen) atoms. The van der Waals surface area contributed by atoms with Crippen molar-refractivity contribution in [3.8, 4) is 5.75 Å². The Labute approximate surface area is 127 Å². The fraction of sp³-hybridized carbons (Fsp3) is 0.188. The molecule has 1 aliphatic rings. The quantitative estimate of drug-likeness (QED) is 0.884. The number of hydrogen-bond acceptors (Lipinski definition) is 4. The SMILES string of the molecule is CC(=O)N1c2ccccc2C[C@H]1C(=O)Nc1ccncc1O. The van der Waals surface area contributed by atoms with Crippen molar-refractivity contribution < 1.29 is 14.7 Å². The van der Waals surface area contributed by atoms with Crippen LogP contribution in [0, 0.1) is 0 Å². The lowest BCUT2D eigenvalue weighted by molar-refractivity contribution is -0.122. The highest BCUT2D eigenvalue weighted by Gasteiger charge is 2.36. The number of anilines is 2. The molecule has 0 saturated carbocycles. The van der Waals surface area contributed by atoms with Crippen molar-refractivity contribution in [3.63, 3.8) is 0 Å². The molecule has 0 saturated heterocycles. The van der Waals surface area contributed by atoms with E-state index < -0.39 is 6.04 Å². The highest BCUT2D eigenvalue weighted by molar-refractivity contribution is 6.06. The molecule has 1 atom stereocenters. The zero-order valence-corrected chi connectivity index (χ0v) is 12.0. The molecule has 0 aliphatic carbocycles. The summed E-state index contributed by atoms with van der Waals surface area (Å²) < 4.78 is 0. The summed E-state index contributed by atoms with van der Waals surface area (Å²) in [6.45, 7) is 1.44. The molecular formula is C16H15N3O3. The van der Waals surface area contributed by atoms with Gasteiger partial charge in [0, 0.05) is 25.2 Å². The molecule has 3 rings (SSSR count). The minimum Gasteiger partial charge on any atom is -0.504 e. The van der Waals surface area contributed by atoms with Gasteiger partial charge in [0.1, 0.15) is 6.04 Å². The van der Waals surface area contributed by atoms with Crippen LogP contribution in [0.4, 0.5) is 11.4 Å². The number of para-hydroxylation sites is 1. The third-order valence-corrected chi connectivity index (χ3v) is 3.68. The molecule has 0 unspecified atom stereocenters. The minimum atomic E-state index is -0.623. The molecule has 2 amide bonds. The van der Waals surface area contributed by atoms with Crippen molar-refractivity contribution in [2.24, 2.45) is 0 Å². The minimum absolute atomic E-state index is 0.110. The molecule has 112 valence electrons. The first kappa shape index (κ1) is 14.1. The number of aromatic nitrogens is 1. The van der Waals surface area contributed by atoms with Crippen LogP contribution in [0.5, 0.6) is 5.75 Å². The number of carbonyl (C=O) groups is 2. The number of pyridine rings is 1. The molecule has 0 fully saturated rings. The first-order valence-electron chi connectivity index (χ1n) is 6.89. The maximum atomic E-state index is 12.5. The van der Waals surface area contributed by atoms with Gasteiger partial charge >= 0.3 is 0 Å². The van der Waals surface area contributed by atoms with Gasteiger partial charge in [0.15, 0.2) is 5.75 Å². The topological polar surface area (TPSA) is 82.5 Å². The number of carbonyl (C=O) groups excluding carboxylic acids is 2. The van der Waals surface area contributed by atoms with Crippen LogP contribution in [0.25, 0.3) is 0 Å². The van der Waals surface area contributed by atoms with Crippen LogP contribution in [0.3, 0.4) is 0 Å². The van der Waals surface area contributed by atoms with E-state index in [1.807, 2.05) is 24.3 Å². The molecule has 6 nitrogen and oxygen atoms in total. The predicted molar refractivity (Wildman–Crippen MR) is 81.6 cm³/mol. The highest BCUT2D eigenvalue weighted by Crippen LogP contribution is 2.33. The summed E-state index contributed by atoms with van der Waals surface area (Å²) >= 11 is 0. The third-order valence-electron chi connectivity index (χ3n) is 3.68. The number of hydrogen-bond donors (Lipinski definition) is 2. The Morgan fingerprint density at radius 2 is 2.09 bits per heavy atom. The van der Waals surface area contributed by atoms with Gasteiger partial charge in [0.2, 0.25) is 11.8 Å². The van der Waals surface area contributed by atoms with E-state index in [9.17, 15) is 14.7 Å². The van der Waals surface area contributed by atoms with Crippen LogP contribution in [0.15, 0.2) is 42.7 Å². The number of amides is 2. The Morgan fingerprint density at radius 3 is 2.82 bits per heavy atom. The van der Waals surface area contributed by atoms with Crippen molar-refractivity contribution in [1.82, 2.24) is 4.98 Å². The Bertz CT molecular complexity index is 745. The molecule has 1 aromatic carbocycles. The third kappa shape index (κ3) is 2.39. The molecule has 1 aliphatic heterocycles. The Morgan fingerprint density at radius 1 is 1.32 bits per heavy atom. The number of benzene rings is 1. The maximum Gasteiger partial charge on any atom is 0.248 e. The number of aromatic hydroxyl groups is 1. The molecular weight excluding hydrogens is 282 g/mol. The largest absolute Gasteiger partial charge is 0.504 e. The summed E-state index contributed by atoms with van der Waals surface area (Å²) in [5, 5.41) is 12.3.